The third-order valence-electron chi connectivity index (χ3n) is 4.70. The molecule has 1 atom stereocenters. The van der Waals surface area contributed by atoms with Gasteiger partial charge < -0.3 is 10.6 Å². The number of urea groups is 1. The van der Waals surface area contributed by atoms with Crippen LogP contribution in [0.3, 0.4) is 0 Å². The Bertz CT molecular complexity index is 747. The summed E-state index contributed by atoms with van der Waals surface area (Å²) >= 11 is 0. The molecule has 1 aliphatic rings. The van der Waals surface area contributed by atoms with Crippen LogP contribution in [-0.2, 0) is 21.3 Å². The van der Waals surface area contributed by atoms with E-state index in [1.165, 1.54) is 19.1 Å². The summed E-state index contributed by atoms with van der Waals surface area (Å²) < 4.78 is 40.0. The largest absolute Gasteiger partial charge is 0.416 e. The smallest absolute Gasteiger partial charge is 0.352 e. The Hall–Kier alpha value is -2.58. The quantitative estimate of drug-likeness (QED) is 0.739. The molecule has 27 heavy (non-hydrogen) atoms. The van der Waals surface area contributed by atoms with Gasteiger partial charge in [0.25, 0.3) is 5.91 Å². The molecule has 2 rings (SSSR count). The van der Waals surface area contributed by atoms with E-state index < -0.39 is 41.7 Å². The lowest BCUT2D eigenvalue weighted by molar-refractivity contribution is -0.140. The molecule has 1 aromatic carbocycles. The van der Waals surface area contributed by atoms with Crippen LogP contribution in [0.25, 0.3) is 0 Å². The Balaban J connectivity index is 2.29. The maximum absolute atomic E-state index is 13.3. The highest BCUT2D eigenvalue weighted by atomic mass is 19.4. The summed E-state index contributed by atoms with van der Waals surface area (Å²) in [6, 6.07) is 3.56. The molecule has 2 N–H and O–H groups in total. The van der Waals surface area contributed by atoms with Gasteiger partial charge in [-0.3, -0.25) is 14.5 Å². The first-order valence-electron chi connectivity index (χ1n) is 8.64. The average molecular weight is 385 g/mol. The molecule has 1 aromatic rings. The van der Waals surface area contributed by atoms with Crippen molar-refractivity contribution >= 4 is 17.8 Å². The van der Waals surface area contributed by atoms with Gasteiger partial charge in [-0.05, 0) is 31.4 Å². The molecule has 0 unspecified atom stereocenters. The van der Waals surface area contributed by atoms with Crippen LogP contribution in [0.15, 0.2) is 24.3 Å². The van der Waals surface area contributed by atoms with E-state index in [0.29, 0.717) is 17.7 Å². The predicted octanol–water partition coefficient (Wildman–Crippen LogP) is 2.78. The number of rotatable bonds is 6. The van der Waals surface area contributed by atoms with Crippen molar-refractivity contribution in [3.63, 3.8) is 0 Å². The molecule has 0 radical (unpaired) electrons. The second-order valence-electron chi connectivity index (χ2n) is 6.57. The molecule has 1 heterocycles. The Morgan fingerprint density at radius 3 is 2.37 bits per heavy atom. The van der Waals surface area contributed by atoms with Crippen LogP contribution in [0.4, 0.5) is 18.0 Å². The molecule has 0 saturated carbocycles. The summed E-state index contributed by atoms with van der Waals surface area (Å²) in [6.45, 7) is 4.42. The highest BCUT2D eigenvalue weighted by Gasteiger charge is 2.52. The van der Waals surface area contributed by atoms with Crippen LogP contribution in [0.5, 0.6) is 0 Å². The summed E-state index contributed by atoms with van der Waals surface area (Å²) in [5, 5.41) is 5.00. The Morgan fingerprint density at radius 2 is 1.81 bits per heavy atom. The molecule has 6 nitrogen and oxygen atoms in total. The predicted molar refractivity (Wildman–Crippen MR) is 91.6 cm³/mol. The monoisotopic (exact) mass is 385 g/mol. The van der Waals surface area contributed by atoms with Gasteiger partial charge in [0, 0.05) is 6.04 Å². The highest BCUT2D eigenvalue weighted by molar-refractivity contribution is 6.09. The molecule has 148 valence electrons. The summed E-state index contributed by atoms with van der Waals surface area (Å²) in [5.41, 5.74) is -3.28. The summed E-state index contributed by atoms with van der Waals surface area (Å²) in [4.78, 5) is 37.8. The fraction of sp³-hybridized carbons (Fsp3) is 0.500. The fourth-order valence-corrected chi connectivity index (χ4v) is 3.10. The molecule has 0 aliphatic carbocycles. The number of alkyl halides is 3. The second-order valence-corrected chi connectivity index (χ2v) is 6.57. The van der Waals surface area contributed by atoms with Crippen LogP contribution >= 0.6 is 0 Å². The van der Waals surface area contributed by atoms with Gasteiger partial charge in [0.2, 0.25) is 5.91 Å². The average Bonchev–Trinajstić information content (AvgIpc) is 2.83. The molecular formula is C18H22F3N3O3. The van der Waals surface area contributed by atoms with Gasteiger partial charge in [-0.15, -0.1) is 0 Å². The van der Waals surface area contributed by atoms with E-state index in [0.717, 1.165) is 12.1 Å². The van der Waals surface area contributed by atoms with E-state index in [1.807, 2.05) is 13.8 Å². The molecule has 1 fully saturated rings. The fourth-order valence-electron chi connectivity index (χ4n) is 3.10. The van der Waals surface area contributed by atoms with Crippen molar-refractivity contribution in [2.45, 2.75) is 51.4 Å². The zero-order chi connectivity index (χ0) is 20.4. The molecule has 0 bridgehead atoms. The Kier molecular flexibility index (Phi) is 5.82. The lowest BCUT2D eigenvalue weighted by Crippen LogP contribution is -2.45. The van der Waals surface area contributed by atoms with E-state index in [4.69, 9.17) is 0 Å². The highest BCUT2D eigenvalue weighted by Crippen LogP contribution is 2.39. The second kappa shape index (κ2) is 7.58. The standard InChI is InChI=1S/C18H22F3N3O3/c1-4-11(5-2)22-14(25)10-24-15(26)17(3,23-16(24)27)12-8-6-7-9-13(12)18(19,20)21/h6-9,11H,4-5,10H2,1-3H3,(H,22,25)(H,23,27)/t17-/m0/s1. The number of nitrogens with one attached hydrogen (secondary N) is 2. The number of carbonyl (C=O) groups excluding carboxylic acids is 3. The third-order valence-corrected chi connectivity index (χ3v) is 4.70. The summed E-state index contributed by atoms with van der Waals surface area (Å²) in [5.74, 6) is -1.44. The first-order valence-corrected chi connectivity index (χ1v) is 8.64. The first kappa shape index (κ1) is 20.7. The molecule has 0 aromatic heterocycles. The molecule has 1 aliphatic heterocycles. The van der Waals surface area contributed by atoms with Gasteiger partial charge >= 0.3 is 12.2 Å². The maximum Gasteiger partial charge on any atom is 0.416 e. The number of hydrogen-bond acceptors (Lipinski definition) is 3. The van der Waals surface area contributed by atoms with E-state index >= 15 is 0 Å². The third kappa shape index (κ3) is 4.06. The zero-order valence-electron chi connectivity index (χ0n) is 15.3. The van der Waals surface area contributed by atoms with E-state index in [2.05, 4.69) is 10.6 Å². The van der Waals surface area contributed by atoms with Gasteiger partial charge in [-0.2, -0.15) is 13.2 Å². The minimum absolute atomic E-state index is 0.101. The van der Waals surface area contributed by atoms with Crippen LogP contribution in [-0.4, -0.2) is 35.3 Å². The van der Waals surface area contributed by atoms with Crippen LogP contribution in [0.1, 0.15) is 44.7 Å². The number of nitrogens with zero attached hydrogens (tertiary/aromatic N) is 1. The van der Waals surface area contributed by atoms with Gasteiger partial charge in [0.05, 0.1) is 5.56 Å². The lowest BCUT2D eigenvalue weighted by atomic mass is 9.87. The number of halogens is 3. The van der Waals surface area contributed by atoms with Crippen LogP contribution in [0.2, 0.25) is 0 Å². The molecular weight excluding hydrogens is 363 g/mol. The molecule has 0 spiro atoms. The maximum atomic E-state index is 13.3. The van der Waals surface area contributed by atoms with Crippen molar-refractivity contribution in [1.82, 2.24) is 15.5 Å². The van der Waals surface area contributed by atoms with Crippen LogP contribution < -0.4 is 10.6 Å². The first-order chi connectivity index (χ1) is 12.5. The van der Waals surface area contributed by atoms with E-state index in [-0.39, 0.29) is 11.6 Å². The van der Waals surface area contributed by atoms with Crippen molar-refractivity contribution in [2.75, 3.05) is 6.54 Å². The summed E-state index contributed by atoms with van der Waals surface area (Å²) in [6.07, 6.45) is -3.33. The van der Waals surface area contributed by atoms with Gasteiger partial charge in [0.15, 0.2) is 0 Å². The van der Waals surface area contributed by atoms with Crippen LogP contribution in [0, 0.1) is 0 Å². The van der Waals surface area contributed by atoms with Crippen molar-refractivity contribution in [2.24, 2.45) is 0 Å². The van der Waals surface area contributed by atoms with Gasteiger partial charge in [-0.1, -0.05) is 32.0 Å². The lowest BCUT2D eigenvalue weighted by Gasteiger charge is -2.26. The Labute approximate surface area is 155 Å². The van der Waals surface area contributed by atoms with Crippen molar-refractivity contribution < 1.29 is 27.6 Å². The minimum atomic E-state index is -4.69. The van der Waals surface area contributed by atoms with Crippen molar-refractivity contribution in [1.29, 1.82) is 0 Å². The zero-order valence-corrected chi connectivity index (χ0v) is 15.3. The van der Waals surface area contributed by atoms with E-state index in [1.54, 1.807) is 0 Å². The normalized spacial score (nSPS) is 20.2. The number of hydrogen-bond donors (Lipinski definition) is 2. The van der Waals surface area contributed by atoms with Crippen molar-refractivity contribution in [3.05, 3.63) is 35.4 Å². The molecule has 1 saturated heterocycles. The number of imide groups is 1. The summed E-state index contributed by atoms with van der Waals surface area (Å²) in [7, 11) is 0. The molecule has 9 heteroatoms. The Morgan fingerprint density at radius 1 is 1.22 bits per heavy atom. The molecule has 4 amide bonds. The van der Waals surface area contributed by atoms with Crippen molar-refractivity contribution in [3.8, 4) is 0 Å². The van der Waals surface area contributed by atoms with Gasteiger partial charge in [-0.25, -0.2) is 4.79 Å². The number of benzene rings is 1. The topological polar surface area (TPSA) is 78.5 Å². The SMILES string of the molecule is CCC(CC)NC(=O)CN1C(=O)N[C@@](C)(c2ccccc2C(F)(F)F)C1=O. The van der Waals surface area contributed by atoms with E-state index in [9.17, 15) is 27.6 Å². The van der Waals surface area contributed by atoms with Gasteiger partial charge in [0.1, 0.15) is 12.1 Å². The minimum Gasteiger partial charge on any atom is -0.352 e. The number of carbonyl (C=O) groups is 3. The number of amides is 4.